The van der Waals surface area contributed by atoms with E-state index >= 15 is 0 Å². The van der Waals surface area contributed by atoms with Crippen LogP contribution in [-0.4, -0.2) is 69.1 Å². The van der Waals surface area contributed by atoms with E-state index in [-0.39, 0.29) is 30.3 Å². The van der Waals surface area contributed by atoms with Crippen LogP contribution in [-0.2, 0) is 14.3 Å². The second kappa shape index (κ2) is 13.7. The molecule has 4 aromatic rings. The van der Waals surface area contributed by atoms with Gasteiger partial charge in [0.05, 0.1) is 42.2 Å². The number of nitrogens with one attached hydrogen (secondary N) is 1. The number of hydrogen-bond acceptors (Lipinski definition) is 7. The quantitative estimate of drug-likeness (QED) is 0.174. The third kappa shape index (κ3) is 5.92. The molecule has 9 heteroatoms. The molecule has 53 heavy (non-hydrogen) atoms. The first kappa shape index (κ1) is 34.2. The van der Waals surface area contributed by atoms with Crippen LogP contribution in [0.25, 0.3) is 39.0 Å². The highest BCUT2D eigenvalue weighted by Crippen LogP contribution is 2.57. The van der Waals surface area contributed by atoms with Crippen molar-refractivity contribution in [3.05, 3.63) is 77.4 Å². The summed E-state index contributed by atoms with van der Waals surface area (Å²) in [5.74, 6) is 1.06. The Balaban J connectivity index is 0.949. The van der Waals surface area contributed by atoms with Crippen molar-refractivity contribution in [1.82, 2.24) is 24.8 Å². The Morgan fingerprint density at radius 2 is 1.66 bits per heavy atom. The minimum Gasteiger partial charge on any atom is -0.469 e. The molecule has 5 aliphatic rings. The molecular weight excluding hydrogens is 661 g/mol. The highest BCUT2D eigenvalue weighted by Gasteiger charge is 2.45. The third-order valence-corrected chi connectivity index (χ3v) is 13.0. The van der Waals surface area contributed by atoms with E-state index in [1.165, 1.54) is 73.5 Å². The third-order valence-electron chi connectivity index (χ3n) is 13.0. The summed E-state index contributed by atoms with van der Waals surface area (Å²) in [7, 11) is 3.66. The van der Waals surface area contributed by atoms with E-state index in [0.717, 1.165) is 52.2 Å². The van der Waals surface area contributed by atoms with Crippen LogP contribution < -0.4 is 0 Å². The van der Waals surface area contributed by atoms with Gasteiger partial charge in [-0.05, 0) is 103 Å². The molecule has 0 spiro atoms. The summed E-state index contributed by atoms with van der Waals surface area (Å²) in [5.41, 5.74) is 13.1. The molecule has 0 radical (unpaired) electrons. The molecule has 9 nitrogen and oxygen atoms in total. The molecule has 4 aliphatic heterocycles. The fraction of sp³-hybridized carbons (Fsp3) is 0.477. The number of hydrogen-bond donors (Lipinski definition) is 1. The summed E-state index contributed by atoms with van der Waals surface area (Å²) in [5, 5.41) is 0. The zero-order valence-corrected chi connectivity index (χ0v) is 31.4. The number of aromatic amines is 1. The van der Waals surface area contributed by atoms with Crippen molar-refractivity contribution in [3.63, 3.8) is 0 Å². The number of rotatable bonds is 9. The van der Waals surface area contributed by atoms with Crippen molar-refractivity contribution in [1.29, 1.82) is 0 Å². The lowest BCUT2D eigenvalue weighted by molar-refractivity contribution is -0.148. The van der Waals surface area contributed by atoms with Crippen molar-refractivity contribution >= 4 is 34.2 Å². The minimum absolute atomic E-state index is 0.0308. The summed E-state index contributed by atoms with van der Waals surface area (Å²) < 4.78 is 4.91. The van der Waals surface area contributed by atoms with E-state index in [0.29, 0.717) is 31.0 Å². The predicted octanol–water partition coefficient (Wildman–Crippen LogP) is 8.78. The molecule has 2 bridgehead atoms. The first-order valence-corrected chi connectivity index (χ1v) is 19.8. The van der Waals surface area contributed by atoms with Crippen LogP contribution in [0.15, 0.2) is 59.9 Å². The van der Waals surface area contributed by atoms with Crippen LogP contribution in [0.2, 0.25) is 0 Å². The Morgan fingerprint density at radius 3 is 2.40 bits per heavy atom. The van der Waals surface area contributed by atoms with Crippen molar-refractivity contribution in [2.24, 2.45) is 16.8 Å². The summed E-state index contributed by atoms with van der Waals surface area (Å²) in [6, 6.07) is 16.5. The number of benzene rings is 2. The van der Waals surface area contributed by atoms with Crippen LogP contribution in [0.1, 0.15) is 119 Å². The van der Waals surface area contributed by atoms with Crippen molar-refractivity contribution in [2.75, 3.05) is 20.7 Å². The second-order valence-electron chi connectivity index (χ2n) is 16.3. The number of carbonyl (C=O) groups excluding carboxylic acids is 2. The SMILES string of the molecule is COC(=O)C[C@H](C(=O)N1CCC[C@H]1C1=NC=C(c2ccc(-c3ccc(-c4ccc5nc(C6CCCC6)[nH]c5c4)c4c3C3CCC4N3C)nc2)C1)C(C)C. The number of methoxy groups -OCH3 is 1. The zero-order chi connectivity index (χ0) is 36.4. The fourth-order valence-corrected chi connectivity index (χ4v) is 10.1. The van der Waals surface area contributed by atoms with Gasteiger partial charge < -0.3 is 14.6 Å². The molecule has 3 fully saturated rings. The normalized spacial score (nSPS) is 23.3. The van der Waals surface area contributed by atoms with Crippen molar-refractivity contribution in [2.45, 2.75) is 102 Å². The van der Waals surface area contributed by atoms with Gasteiger partial charge in [0.25, 0.3) is 0 Å². The number of pyridine rings is 1. The number of fused-ring (bicyclic) bond motifs is 6. The number of ether oxygens (including phenoxy) is 1. The zero-order valence-electron chi connectivity index (χ0n) is 31.4. The van der Waals surface area contributed by atoms with Gasteiger partial charge in [0, 0.05) is 54.6 Å². The molecule has 2 unspecified atom stereocenters. The fourth-order valence-electron chi connectivity index (χ4n) is 10.1. The Kier molecular flexibility index (Phi) is 8.80. The van der Waals surface area contributed by atoms with E-state index in [4.69, 9.17) is 19.7 Å². The molecular formula is C44H50N6O3. The van der Waals surface area contributed by atoms with Gasteiger partial charge in [-0.25, -0.2) is 4.98 Å². The van der Waals surface area contributed by atoms with Crippen molar-refractivity contribution < 1.29 is 14.3 Å². The van der Waals surface area contributed by atoms with Gasteiger partial charge >= 0.3 is 5.97 Å². The second-order valence-corrected chi connectivity index (χ2v) is 16.3. The van der Waals surface area contributed by atoms with Gasteiger partial charge in [-0.15, -0.1) is 0 Å². The molecule has 2 aromatic heterocycles. The van der Waals surface area contributed by atoms with E-state index in [1.807, 2.05) is 31.1 Å². The maximum Gasteiger partial charge on any atom is 0.306 e. The number of amides is 1. The maximum absolute atomic E-state index is 13.7. The number of allylic oxidation sites excluding steroid dienone is 1. The number of nitrogens with zero attached hydrogens (tertiary/aromatic N) is 5. The Hall–Kier alpha value is -4.63. The van der Waals surface area contributed by atoms with Gasteiger partial charge in [-0.2, -0.15) is 0 Å². The Bertz CT molecular complexity index is 2140. The number of likely N-dealkylation sites (tertiary alicyclic amines) is 1. The van der Waals surface area contributed by atoms with E-state index in [2.05, 4.69) is 59.4 Å². The predicted molar refractivity (Wildman–Crippen MR) is 208 cm³/mol. The molecule has 9 rings (SSSR count). The molecule has 1 N–H and O–H groups in total. The standard InChI is InChI=1S/C44H50N6O3/c1-25(2)32(22-40(51)53-4)44(52)50-19-7-10-37(50)36-21-29(24-46-36)28-12-15-33(45-23-28)31-14-13-30(41-38-17-18-39(42(31)41)49(38)3)27-11-16-34-35(20-27)48-43(47-34)26-8-5-6-9-26/h11-16,20,23-26,32,37-39H,5-10,17-19,21-22H2,1-4H3,(H,47,48)/t32-,37-,38?,39?/m0/s1. The lowest BCUT2D eigenvalue weighted by Gasteiger charge is -2.30. The topological polar surface area (TPSA) is 104 Å². The van der Waals surface area contributed by atoms with Crippen LogP contribution in [0.4, 0.5) is 0 Å². The average molecular weight is 711 g/mol. The summed E-state index contributed by atoms with van der Waals surface area (Å²) in [4.78, 5) is 49.0. The molecule has 1 aliphatic carbocycles. The number of imidazole rings is 1. The van der Waals surface area contributed by atoms with Crippen LogP contribution in [0, 0.1) is 11.8 Å². The van der Waals surface area contributed by atoms with Gasteiger partial charge in [-0.1, -0.05) is 51.0 Å². The monoisotopic (exact) mass is 710 g/mol. The number of aliphatic imine (C=N–C) groups is 1. The van der Waals surface area contributed by atoms with Crippen LogP contribution in [0.3, 0.4) is 0 Å². The lowest BCUT2D eigenvalue weighted by atomic mass is 9.82. The van der Waals surface area contributed by atoms with Gasteiger partial charge in [-0.3, -0.25) is 24.5 Å². The number of carbonyl (C=O) groups is 2. The molecule has 2 saturated heterocycles. The van der Waals surface area contributed by atoms with Gasteiger partial charge in [0.1, 0.15) is 5.82 Å². The van der Waals surface area contributed by atoms with Gasteiger partial charge in [0.2, 0.25) is 5.91 Å². The molecule has 2 aromatic carbocycles. The Morgan fingerprint density at radius 1 is 0.906 bits per heavy atom. The summed E-state index contributed by atoms with van der Waals surface area (Å²) in [6.07, 6.45) is 14.0. The number of aromatic nitrogens is 3. The van der Waals surface area contributed by atoms with Gasteiger partial charge in [0.15, 0.2) is 0 Å². The molecule has 1 saturated carbocycles. The van der Waals surface area contributed by atoms with Crippen molar-refractivity contribution in [3.8, 4) is 22.4 Å². The first-order valence-electron chi connectivity index (χ1n) is 19.8. The van der Waals surface area contributed by atoms with Crippen LogP contribution >= 0.6 is 0 Å². The molecule has 4 atom stereocenters. The van der Waals surface area contributed by atoms with Crippen LogP contribution in [0.5, 0.6) is 0 Å². The number of H-pyrrole nitrogens is 1. The molecule has 1 amide bonds. The Labute approximate surface area is 311 Å². The van der Waals surface area contributed by atoms with E-state index in [1.54, 1.807) is 0 Å². The maximum atomic E-state index is 13.7. The van der Waals surface area contributed by atoms with E-state index < -0.39 is 5.92 Å². The smallest absolute Gasteiger partial charge is 0.306 e. The number of esters is 1. The average Bonchev–Trinajstić information content (AvgIpc) is 4.03. The highest BCUT2D eigenvalue weighted by molar-refractivity contribution is 6.03. The highest BCUT2D eigenvalue weighted by atomic mass is 16.5. The summed E-state index contributed by atoms with van der Waals surface area (Å²) >= 11 is 0. The van der Waals surface area contributed by atoms with E-state index in [9.17, 15) is 9.59 Å². The molecule has 6 heterocycles. The summed E-state index contributed by atoms with van der Waals surface area (Å²) in [6.45, 7) is 4.69. The molecule has 274 valence electrons. The first-order chi connectivity index (χ1) is 25.8. The largest absolute Gasteiger partial charge is 0.469 e. The minimum atomic E-state index is -0.394. The lowest BCUT2D eigenvalue weighted by Crippen LogP contribution is -2.45.